The van der Waals surface area contributed by atoms with Crippen LogP contribution in [-0.4, -0.2) is 0 Å². The molecule has 11 heavy (non-hydrogen) atoms. The van der Waals surface area contributed by atoms with Crippen LogP contribution in [0.1, 0.15) is 34.6 Å². The molecule has 1 rings (SSSR count). The molecular formula is C10H15Li. The maximum absolute atomic E-state index is 3.44. The molecule has 0 saturated heterocycles. The van der Waals surface area contributed by atoms with Crippen molar-refractivity contribution in [2.24, 2.45) is 5.41 Å². The topological polar surface area (TPSA) is 0 Å². The first-order valence-corrected chi connectivity index (χ1v) is 3.75. The minimum Gasteiger partial charge on any atom is -0.263 e. The number of hydrogen-bond donors (Lipinski definition) is 0. The van der Waals surface area contributed by atoms with Gasteiger partial charge < -0.3 is 0 Å². The Labute approximate surface area is 81.9 Å². The molecule has 0 unspecified atom stereocenters. The second-order valence-corrected chi connectivity index (χ2v) is 3.62. The predicted molar refractivity (Wildman–Crippen MR) is 44.6 cm³/mol. The fraction of sp³-hybridized carbons (Fsp3) is 0.600. The van der Waals surface area contributed by atoms with Crippen molar-refractivity contribution in [2.45, 2.75) is 34.6 Å². The maximum atomic E-state index is 3.44. The fourth-order valence-corrected chi connectivity index (χ4v) is 1.41. The molecule has 0 radical (unpaired) electrons. The first-order chi connectivity index (χ1) is 4.45. The zero-order valence-corrected chi connectivity index (χ0v) is 8.50. The minimum atomic E-state index is 0. The van der Waals surface area contributed by atoms with Gasteiger partial charge in [0, 0.05) is 0 Å². The summed E-state index contributed by atoms with van der Waals surface area (Å²) >= 11 is 0. The molecule has 0 aliphatic heterocycles. The van der Waals surface area contributed by atoms with E-state index in [-0.39, 0.29) is 24.3 Å². The number of allylic oxidation sites excluding steroid dienone is 4. The summed E-state index contributed by atoms with van der Waals surface area (Å²) in [5, 5.41) is 0. The summed E-state index contributed by atoms with van der Waals surface area (Å²) in [7, 11) is 0. The van der Waals surface area contributed by atoms with Gasteiger partial charge in [0.15, 0.2) is 0 Å². The average Bonchev–Trinajstić information content (AvgIpc) is 1.95. The average molecular weight is 142 g/mol. The van der Waals surface area contributed by atoms with E-state index in [4.69, 9.17) is 0 Å². The van der Waals surface area contributed by atoms with Crippen LogP contribution in [0.5, 0.6) is 0 Å². The monoisotopic (exact) mass is 142 g/mol. The van der Waals surface area contributed by atoms with Crippen LogP contribution in [0.15, 0.2) is 16.7 Å². The van der Waals surface area contributed by atoms with Crippen LogP contribution in [0.25, 0.3) is 0 Å². The van der Waals surface area contributed by atoms with Gasteiger partial charge in [-0.1, -0.05) is 33.1 Å². The summed E-state index contributed by atoms with van der Waals surface area (Å²) in [5.41, 5.74) is 4.39. The largest absolute Gasteiger partial charge is 1.00 e. The summed E-state index contributed by atoms with van der Waals surface area (Å²) in [6.45, 7) is 10.9. The summed E-state index contributed by atoms with van der Waals surface area (Å²) in [6, 6.07) is 0. The van der Waals surface area contributed by atoms with Gasteiger partial charge in [0.25, 0.3) is 0 Å². The third-order valence-electron chi connectivity index (χ3n) is 2.56. The Balaban J connectivity index is 0.000001000. The molecule has 0 amide bonds. The molecule has 0 nitrogen and oxygen atoms in total. The molecule has 0 saturated carbocycles. The quantitative estimate of drug-likeness (QED) is 0.333. The van der Waals surface area contributed by atoms with Crippen molar-refractivity contribution in [1.82, 2.24) is 0 Å². The molecule has 0 fully saturated rings. The zero-order chi connectivity index (χ0) is 7.94. The second-order valence-electron chi connectivity index (χ2n) is 3.62. The summed E-state index contributed by atoms with van der Waals surface area (Å²) in [4.78, 5) is 0. The van der Waals surface area contributed by atoms with Crippen molar-refractivity contribution >= 4 is 0 Å². The Hall–Kier alpha value is 0.0774. The second kappa shape index (κ2) is 3.21. The summed E-state index contributed by atoms with van der Waals surface area (Å²) in [5.74, 6) is 0. The van der Waals surface area contributed by atoms with Gasteiger partial charge in [-0.3, -0.25) is 6.08 Å². The Kier molecular flexibility index (Phi) is 3.24. The number of rotatable bonds is 0. The van der Waals surface area contributed by atoms with Crippen molar-refractivity contribution in [3.8, 4) is 0 Å². The standard InChI is InChI=1S/C10H15.Li/c1-7-6-10(4,5)9(3)8(7)2;/h1-5H3;/q-1;+1. The predicted octanol–water partition coefficient (Wildman–Crippen LogP) is 0.116. The molecule has 1 aliphatic carbocycles. The van der Waals surface area contributed by atoms with Gasteiger partial charge >= 0.3 is 18.9 Å². The van der Waals surface area contributed by atoms with Crippen molar-refractivity contribution in [2.75, 3.05) is 0 Å². The van der Waals surface area contributed by atoms with E-state index in [2.05, 4.69) is 40.7 Å². The van der Waals surface area contributed by atoms with Crippen molar-refractivity contribution in [3.05, 3.63) is 22.8 Å². The summed E-state index contributed by atoms with van der Waals surface area (Å²) in [6.07, 6.45) is 3.44. The van der Waals surface area contributed by atoms with E-state index in [1.54, 1.807) is 0 Å². The molecule has 0 aromatic carbocycles. The van der Waals surface area contributed by atoms with E-state index in [0.29, 0.717) is 0 Å². The SMILES string of the molecule is CC1=[C-]C(C)(C)C(C)=C1C.[Li+]. The van der Waals surface area contributed by atoms with Gasteiger partial charge in [0.2, 0.25) is 0 Å². The molecule has 0 heterocycles. The Morgan fingerprint density at radius 2 is 1.55 bits per heavy atom. The van der Waals surface area contributed by atoms with E-state index in [9.17, 15) is 0 Å². The number of hydrogen-bond acceptors (Lipinski definition) is 0. The van der Waals surface area contributed by atoms with E-state index in [1.807, 2.05) is 0 Å². The Morgan fingerprint density at radius 1 is 1.09 bits per heavy atom. The molecule has 0 N–H and O–H groups in total. The molecule has 1 heteroatoms. The van der Waals surface area contributed by atoms with E-state index < -0.39 is 0 Å². The first-order valence-electron chi connectivity index (χ1n) is 3.75. The van der Waals surface area contributed by atoms with Gasteiger partial charge in [0.1, 0.15) is 0 Å². The third-order valence-corrected chi connectivity index (χ3v) is 2.56. The minimum absolute atomic E-state index is 0. The van der Waals surface area contributed by atoms with E-state index in [1.165, 1.54) is 16.7 Å². The van der Waals surface area contributed by atoms with Crippen LogP contribution in [0.4, 0.5) is 0 Å². The van der Waals surface area contributed by atoms with Crippen molar-refractivity contribution < 1.29 is 18.9 Å². The molecule has 0 bridgehead atoms. The fourth-order valence-electron chi connectivity index (χ4n) is 1.41. The van der Waals surface area contributed by atoms with Crippen LogP contribution in [0, 0.1) is 11.5 Å². The maximum Gasteiger partial charge on any atom is 1.00 e. The smallest absolute Gasteiger partial charge is 0.263 e. The van der Waals surface area contributed by atoms with Crippen LogP contribution in [0.3, 0.4) is 0 Å². The normalized spacial score (nSPS) is 21.4. The van der Waals surface area contributed by atoms with E-state index >= 15 is 0 Å². The molecule has 0 aromatic rings. The van der Waals surface area contributed by atoms with Gasteiger partial charge in [0.05, 0.1) is 0 Å². The summed E-state index contributed by atoms with van der Waals surface area (Å²) < 4.78 is 0. The van der Waals surface area contributed by atoms with E-state index in [0.717, 1.165) is 0 Å². The first kappa shape index (κ1) is 11.1. The zero-order valence-electron chi connectivity index (χ0n) is 8.50. The van der Waals surface area contributed by atoms with Crippen LogP contribution in [0.2, 0.25) is 0 Å². The molecular weight excluding hydrogens is 127 g/mol. The van der Waals surface area contributed by atoms with Crippen molar-refractivity contribution in [3.63, 3.8) is 0 Å². The van der Waals surface area contributed by atoms with Crippen LogP contribution < -0.4 is 18.9 Å². The van der Waals surface area contributed by atoms with Gasteiger partial charge in [-0.25, -0.2) is 5.57 Å². The van der Waals surface area contributed by atoms with Gasteiger partial charge in [-0.2, -0.15) is 11.1 Å². The third kappa shape index (κ3) is 1.81. The molecule has 0 spiro atoms. The van der Waals surface area contributed by atoms with Gasteiger partial charge in [-0.05, 0) is 0 Å². The van der Waals surface area contributed by atoms with Crippen molar-refractivity contribution in [1.29, 1.82) is 0 Å². The molecule has 0 atom stereocenters. The van der Waals surface area contributed by atoms with Crippen LogP contribution in [-0.2, 0) is 0 Å². The Morgan fingerprint density at radius 3 is 1.64 bits per heavy atom. The van der Waals surface area contributed by atoms with Crippen LogP contribution >= 0.6 is 0 Å². The van der Waals surface area contributed by atoms with Gasteiger partial charge in [-0.15, -0.1) is 6.92 Å². The molecule has 56 valence electrons. The molecule has 1 aliphatic rings. The molecule has 0 aromatic heterocycles. The Bertz CT molecular complexity index is 219.